The summed E-state index contributed by atoms with van der Waals surface area (Å²) in [5, 5.41) is 0. The van der Waals surface area contributed by atoms with Gasteiger partial charge in [0.2, 0.25) is 5.88 Å². The molecule has 0 aliphatic carbocycles. The molecule has 0 fully saturated rings. The first-order chi connectivity index (χ1) is 9.11. The number of hydrogen-bond acceptors (Lipinski definition) is 5. The van der Waals surface area contributed by atoms with Crippen LogP contribution in [0.1, 0.15) is 30.9 Å². The average molecular weight is 258 g/mol. The Kier molecular flexibility index (Phi) is 3.97. The average Bonchev–Trinajstić information content (AvgIpc) is 2.41. The number of nitrogen functional groups attached to an aromatic ring is 1. The predicted molar refractivity (Wildman–Crippen MR) is 75.2 cm³/mol. The van der Waals surface area contributed by atoms with Crippen LogP contribution in [0.15, 0.2) is 30.6 Å². The first-order valence-electron chi connectivity index (χ1n) is 6.18. The molecule has 0 saturated carbocycles. The molecule has 0 bridgehead atoms. The van der Waals surface area contributed by atoms with Crippen LogP contribution in [0.4, 0.5) is 5.82 Å². The topological polar surface area (TPSA) is 73.1 Å². The number of anilines is 1. The van der Waals surface area contributed by atoms with Gasteiger partial charge in [0.15, 0.2) is 0 Å². The van der Waals surface area contributed by atoms with Crippen molar-refractivity contribution in [2.75, 3.05) is 5.43 Å². The molecule has 3 N–H and O–H groups in total. The number of hydrazine groups is 1. The Labute approximate surface area is 112 Å². The number of hydrogen-bond donors (Lipinski definition) is 2. The second-order valence-corrected chi connectivity index (χ2v) is 4.63. The van der Waals surface area contributed by atoms with Crippen molar-refractivity contribution in [3.05, 3.63) is 41.7 Å². The van der Waals surface area contributed by atoms with Gasteiger partial charge in [-0.1, -0.05) is 26.0 Å². The van der Waals surface area contributed by atoms with Crippen molar-refractivity contribution in [2.24, 2.45) is 5.84 Å². The number of nitrogens with two attached hydrogens (primary N) is 1. The molecule has 5 nitrogen and oxygen atoms in total. The van der Waals surface area contributed by atoms with E-state index >= 15 is 0 Å². The van der Waals surface area contributed by atoms with E-state index in [-0.39, 0.29) is 0 Å². The van der Waals surface area contributed by atoms with Gasteiger partial charge < -0.3 is 10.2 Å². The van der Waals surface area contributed by atoms with Crippen molar-refractivity contribution in [1.82, 2.24) is 9.97 Å². The highest BCUT2D eigenvalue weighted by molar-refractivity contribution is 5.47. The number of nitrogens with zero attached hydrogens (tertiary/aromatic N) is 2. The van der Waals surface area contributed by atoms with E-state index in [9.17, 15) is 0 Å². The summed E-state index contributed by atoms with van der Waals surface area (Å²) in [5.41, 5.74) is 4.52. The van der Waals surface area contributed by atoms with Gasteiger partial charge >= 0.3 is 0 Å². The lowest BCUT2D eigenvalue weighted by atomic mass is 10.0. The second kappa shape index (κ2) is 5.67. The van der Waals surface area contributed by atoms with Crippen LogP contribution < -0.4 is 16.0 Å². The van der Waals surface area contributed by atoms with Gasteiger partial charge in [0.1, 0.15) is 17.9 Å². The first-order valence-corrected chi connectivity index (χ1v) is 6.18. The fourth-order valence-electron chi connectivity index (χ4n) is 1.73. The molecule has 5 heteroatoms. The lowest BCUT2D eigenvalue weighted by molar-refractivity contribution is 0.457. The van der Waals surface area contributed by atoms with Gasteiger partial charge in [-0.05, 0) is 30.5 Å². The van der Waals surface area contributed by atoms with Crippen LogP contribution in [0.2, 0.25) is 0 Å². The molecule has 1 heterocycles. The van der Waals surface area contributed by atoms with Gasteiger partial charge in [0.05, 0.1) is 5.56 Å². The van der Waals surface area contributed by atoms with Crippen LogP contribution in [-0.2, 0) is 0 Å². The van der Waals surface area contributed by atoms with Crippen LogP contribution in [0.25, 0.3) is 0 Å². The van der Waals surface area contributed by atoms with Crippen molar-refractivity contribution < 1.29 is 4.74 Å². The summed E-state index contributed by atoms with van der Waals surface area (Å²) in [7, 11) is 0. The highest BCUT2D eigenvalue weighted by Crippen LogP contribution is 2.27. The lowest BCUT2D eigenvalue weighted by Gasteiger charge is -2.11. The summed E-state index contributed by atoms with van der Waals surface area (Å²) >= 11 is 0. The quantitative estimate of drug-likeness (QED) is 0.651. The van der Waals surface area contributed by atoms with Crippen molar-refractivity contribution in [2.45, 2.75) is 26.7 Å². The fourth-order valence-corrected chi connectivity index (χ4v) is 1.73. The maximum atomic E-state index is 5.80. The van der Waals surface area contributed by atoms with E-state index in [1.165, 1.54) is 11.9 Å². The fraction of sp³-hybridized carbons (Fsp3) is 0.286. The third-order valence-electron chi connectivity index (χ3n) is 2.91. The standard InChI is InChI=1S/C14H18N4O/c1-9(2)11-5-4-6-12(7-11)19-14-10(3)13(18-15)16-8-17-14/h4-9H,15H2,1-3H3,(H,16,17,18). The molecule has 2 rings (SSSR count). The highest BCUT2D eigenvalue weighted by Gasteiger charge is 2.09. The number of benzene rings is 1. The molecular formula is C14H18N4O. The summed E-state index contributed by atoms with van der Waals surface area (Å²) in [6, 6.07) is 7.98. The molecule has 0 amide bonds. The Morgan fingerprint density at radius 2 is 2.05 bits per heavy atom. The van der Waals surface area contributed by atoms with E-state index in [0.29, 0.717) is 17.6 Å². The summed E-state index contributed by atoms with van der Waals surface area (Å²) in [6.07, 6.45) is 1.42. The number of rotatable bonds is 4. The molecule has 100 valence electrons. The Morgan fingerprint density at radius 1 is 1.26 bits per heavy atom. The van der Waals surface area contributed by atoms with E-state index in [1.54, 1.807) is 0 Å². The number of aromatic nitrogens is 2. The molecule has 1 aromatic heterocycles. The van der Waals surface area contributed by atoms with Gasteiger partial charge in [0.25, 0.3) is 0 Å². The minimum Gasteiger partial charge on any atom is -0.439 e. The van der Waals surface area contributed by atoms with E-state index < -0.39 is 0 Å². The van der Waals surface area contributed by atoms with Gasteiger partial charge in [-0.15, -0.1) is 0 Å². The second-order valence-electron chi connectivity index (χ2n) is 4.63. The molecule has 2 aromatic rings. The van der Waals surface area contributed by atoms with Gasteiger partial charge in [0, 0.05) is 0 Å². The van der Waals surface area contributed by atoms with Crippen molar-refractivity contribution in [1.29, 1.82) is 0 Å². The third kappa shape index (κ3) is 3.00. The van der Waals surface area contributed by atoms with Crippen LogP contribution in [0.3, 0.4) is 0 Å². The van der Waals surface area contributed by atoms with Crippen LogP contribution >= 0.6 is 0 Å². The zero-order valence-corrected chi connectivity index (χ0v) is 11.3. The highest BCUT2D eigenvalue weighted by atomic mass is 16.5. The summed E-state index contributed by atoms with van der Waals surface area (Å²) in [4.78, 5) is 8.15. The van der Waals surface area contributed by atoms with Crippen LogP contribution in [-0.4, -0.2) is 9.97 Å². The molecule has 0 aliphatic rings. The molecule has 0 radical (unpaired) electrons. The van der Waals surface area contributed by atoms with E-state index in [4.69, 9.17) is 10.6 Å². The predicted octanol–water partition coefficient (Wildman–Crippen LogP) is 2.99. The van der Waals surface area contributed by atoms with E-state index in [1.807, 2.05) is 25.1 Å². The Bertz CT molecular complexity index is 569. The molecule has 19 heavy (non-hydrogen) atoms. The van der Waals surface area contributed by atoms with Crippen molar-refractivity contribution >= 4 is 5.82 Å². The molecule has 1 aromatic carbocycles. The Balaban J connectivity index is 2.28. The van der Waals surface area contributed by atoms with Crippen molar-refractivity contribution in [3.63, 3.8) is 0 Å². The monoisotopic (exact) mass is 258 g/mol. The maximum absolute atomic E-state index is 5.80. The maximum Gasteiger partial charge on any atom is 0.227 e. The third-order valence-corrected chi connectivity index (χ3v) is 2.91. The van der Waals surface area contributed by atoms with Crippen LogP contribution in [0, 0.1) is 6.92 Å². The minimum atomic E-state index is 0.455. The zero-order chi connectivity index (χ0) is 13.8. The van der Waals surface area contributed by atoms with Gasteiger partial charge in [-0.2, -0.15) is 0 Å². The lowest BCUT2D eigenvalue weighted by Crippen LogP contribution is -2.11. The van der Waals surface area contributed by atoms with Gasteiger partial charge in [-0.25, -0.2) is 15.8 Å². The Hall–Kier alpha value is -2.14. The Morgan fingerprint density at radius 3 is 2.74 bits per heavy atom. The molecule has 0 saturated heterocycles. The molecule has 0 aliphatic heterocycles. The van der Waals surface area contributed by atoms with Crippen LogP contribution in [0.5, 0.6) is 11.6 Å². The first kappa shape index (κ1) is 13.3. The number of nitrogens with one attached hydrogen (secondary N) is 1. The van der Waals surface area contributed by atoms with E-state index in [0.717, 1.165) is 11.3 Å². The minimum absolute atomic E-state index is 0.455. The molecule has 0 spiro atoms. The summed E-state index contributed by atoms with van der Waals surface area (Å²) in [5.74, 6) is 7.66. The number of ether oxygens (including phenoxy) is 1. The molecular weight excluding hydrogens is 240 g/mol. The molecule has 0 unspecified atom stereocenters. The summed E-state index contributed by atoms with van der Waals surface area (Å²) in [6.45, 7) is 6.15. The molecule has 0 atom stereocenters. The zero-order valence-electron chi connectivity index (χ0n) is 11.3. The smallest absolute Gasteiger partial charge is 0.227 e. The largest absolute Gasteiger partial charge is 0.439 e. The van der Waals surface area contributed by atoms with Gasteiger partial charge in [-0.3, -0.25) is 0 Å². The normalized spacial score (nSPS) is 10.6. The van der Waals surface area contributed by atoms with Crippen molar-refractivity contribution in [3.8, 4) is 11.6 Å². The van der Waals surface area contributed by atoms with E-state index in [2.05, 4.69) is 35.3 Å². The SMILES string of the molecule is Cc1c(NN)ncnc1Oc1cccc(C(C)C)c1. The summed E-state index contributed by atoms with van der Waals surface area (Å²) < 4.78 is 5.80.